The molecule has 0 saturated heterocycles. The number of halogens is 1. The highest BCUT2D eigenvalue weighted by molar-refractivity contribution is 9.10. The Bertz CT molecular complexity index is 637. The van der Waals surface area contributed by atoms with Crippen molar-refractivity contribution in [3.8, 4) is 0 Å². The SMILES string of the molecule is Cc1cc(NS(=O)(=O)c2ccccc2Br)on1. The number of nitrogens with one attached hydrogen (secondary N) is 1. The molecular formula is C10H9BrN2O3S. The van der Waals surface area contributed by atoms with Gasteiger partial charge in [0, 0.05) is 10.5 Å². The lowest BCUT2D eigenvalue weighted by Gasteiger charge is -2.05. The lowest BCUT2D eigenvalue weighted by molar-refractivity contribution is 0.430. The largest absolute Gasteiger partial charge is 0.338 e. The highest BCUT2D eigenvalue weighted by Crippen LogP contribution is 2.23. The van der Waals surface area contributed by atoms with Gasteiger partial charge in [-0.1, -0.05) is 17.3 Å². The molecule has 1 N–H and O–H groups in total. The number of anilines is 1. The van der Waals surface area contributed by atoms with Gasteiger partial charge in [-0.3, -0.25) is 0 Å². The fourth-order valence-corrected chi connectivity index (χ4v) is 3.24. The van der Waals surface area contributed by atoms with Crippen LogP contribution in [0.4, 0.5) is 5.88 Å². The average molecular weight is 317 g/mol. The van der Waals surface area contributed by atoms with E-state index in [4.69, 9.17) is 4.52 Å². The number of rotatable bonds is 3. The first-order valence-electron chi connectivity index (χ1n) is 4.70. The summed E-state index contributed by atoms with van der Waals surface area (Å²) in [5.74, 6) is 0.0956. The van der Waals surface area contributed by atoms with E-state index in [-0.39, 0.29) is 10.8 Å². The Kier molecular flexibility index (Phi) is 3.21. The summed E-state index contributed by atoms with van der Waals surface area (Å²) in [6, 6.07) is 8.04. The molecular weight excluding hydrogens is 308 g/mol. The van der Waals surface area contributed by atoms with Crippen LogP contribution in [0.1, 0.15) is 5.69 Å². The van der Waals surface area contributed by atoms with Gasteiger partial charge in [0.15, 0.2) is 0 Å². The molecule has 0 aliphatic heterocycles. The van der Waals surface area contributed by atoms with E-state index in [9.17, 15) is 8.42 Å². The smallest absolute Gasteiger partial charge is 0.265 e. The summed E-state index contributed by atoms with van der Waals surface area (Å²) >= 11 is 3.19. The second kappa shape index (κ2) is 4.50. The molecule has 0 fully saturated rings. The Morgan fingerprint density at radius 3 is 2.65 bits per heavy atom. The van der Waals surface area contributed by atoms with Gasteiger partial charge in [-0.2, -0.15) is 0 Å². The quantitative estimate of drug-likeness (QED) is 0.944. The van der Waals surface area contributed by atoms with Crippen LogP contribution in [-0.2, 0) is 10.0 Å². The Balaban J connectivity index is 2.35. The molecule has 0 radical (unpaired) electrons. The zero-order chi connectivity index (χ0) is 12.5. The molecule has 1 heterocycles. The van der Waals surface area contributed by atoms with Gasteiger partial charge in [-0.25, -0.2) is 13.1 Å². The third kappa shape index (κ3) is 2.67. The molecule has 2 rings (SSSR count). The predicted octanol–water partition coefficient (Wildman–Crippen LogP) is 2.55. The molecule has 0 aliphatic carbocycles. The maximum Gasteiger partial charge on any atom is 0.265 e. The van der Waals surface area contributed by atoms with Crippen LogP contribution in [-0.4, -0.2) is 13.6 Å². The van der Waals surface area contributed by atoms with Gasteiger partial charge in [-0.05, 0) is 35.0 Å². The highest BCUT2D eigenvalue weighted by atomic mass is 79.9. The summed E-state index contributed by atoms with van der Waals surface area (Å²) in [6.45, 7) is 1.71. The summed E-state index contributed by atoms with van der Waals surface area (Å²) in [5, 5.41) is 3.60. The number of aryl methyl sites for hydroxylation is 1. The molecule has 0 unspecified atom stereocenters. The number of aromatic nitrogens is 1. The van der Waals surface area contributed by atoms with Crippen LogP contribution < -0.4 is 4.72 Å². The minimum Gasteiger partial charge on any atom is -0.338 e. The van der Waals surface area contributed by atoms with Crippen molar-refractivity contribution in [2.45, 2.75) is 11.8 Å². The van der Waals surface area contributed by atoms with Crippen molar-refractivity contribution < 1.29 is 12.9 Å². The molecule has 0 atom stereocenters. The molecule has 2 aromatic rings. The minimum absolute atomic E-state index is 0.0956. The lowest BCUT2D eigenvalue weighted by Crippen LogP contribution is -2.12. The summed E-state index contributed by atoms with van der Waals surface area (Å²) in [4.78, 5) is 0.147. The lowest BCUT2D eigenvalue weighted by atomic mass is 10.4. The third-order valence-electron chi connectivity index (χ3n) is 1.99. The molecule has 90 valence electrons. The second-order valence-electron chi connectivity index (χ2n) is 3.37. The van der Waals surface area contributed by atoms with Crippen LogP contribution in [0.2, 0.25) is 0 Å². The molecule has 0 saturated carbocycles. The van der Waals surface area contributed by atoms with Gasteiger partial charge in [-0.15, -0.1) is 0 Å². The second-order valence-corrected chi connectivity index (χ2v) is 5.87. The summed E-state index contributed by atoms with van der Waals surface area (Å²) in [5.41, 5.74) is 0.606. The maximum absolute atomic E-state index is 12.0. The van der Waals surface area contributed by atoms with Gasteiger partial charge < -0.3 is 4.52 Å². The Hall–Kier alpha value is -1.34. The number of hydrogen-bond donors (Lipinski definition) is 1. The van der Waals surface area contributed by atoms with Crippen molar-refractivity contribution in [1.82, 2.24) is 5.16 Å². The summed E-state index contributed by atoms with van der Waals surface area (Å²) in [6.07, 6.45) is 0. The molecule has 0 amide bonds. The first-order chi connectivity index (χ1) is 7.99. The Morgan fingerprint density at radius 1 is 1.35 bits per heavy atom. The standard InChI is InChI=1S/C10H9BrN2O3S/c1-7-6-10(16-12-7)13-17(14,15)9-5-3-2-4-8(9)11/h2-6,13H,1H3. The van der Waals surface area contributed by atoms with Crippen LogP contribution in [0.3, 0.4) is 0 Å². The third-order valence-corrected chi connectivity index (χ3v) is 4.35. The van der Waals surface area contributed by atoms with Crippen molar-refractivity contribution in [2.24, 2.45) is 0 Å². The monoisotopic (exact) mass is 316 g/mol. The molecule has 1 aromatic carbocycles. The van der Waals surface area contributed by atoms with Gasteiger partial charge in [0.2, 0.25) is 5.88 Å². The first kappa shape index (κ1) is 12.1. The first-order valence-corrected chi connectivity index (χ1v) is 6.97. The molecule has 0 spiro atoms. The molecule has 0 bridgehead atoms. The summed E-state index contributed by atoms with van der Waals surface area (Å²) < 4.78 is 31.6. The maximum atomic E-state index is 12.0. The van der Waals surface area contributed by atoms with Gasteiger partial charge in [0.1, 0.15) is 4.90 Å². The Morgan fingerprint density at radius 2 is 2.06 bits per heavy atom. The van der Waals surface area contributed by atoms with E-state index >= 15 is 0 Å². The zero-order valence-electron chi connectivity index (χ0n) is 8.84. The predicted molar refractivity (Wildman–Crippen MR) is 66.2 cm³/mol. The van der Waals surface area contributed by atoms with Crippen molar-refractivity contribution in [3.05, 3.63) is 40.5 Å². The van der Waals surface area contributed by atoms with Crippen molar-refractivity contribution in [1.29, 1.82) is 0 Å². The van der Waals surface area contributed by atoms with Gasteiger partial charge in [0.25, 0.3) is 10.0 Å². The molecule has 0 aliphatic rings. The zero-order valence-corrected chi connectivity index (χ0v) is 11.2. The number of sulfonamides is 1. The van der Waals surface area contributed by atoms with E-state index in [1.54, 1.807) is 25.1 Å². The van der Waals surface area contributed by atoms with Crippen LogP contribution in [0.5, 0.6) is 0 Å². The molecule has 5 nitrogen and oxygen atoms in total. The molecule has 7 heteroatoms. The van der Waals surface area contributed by atoms with Crippen molar-refractivity contribution in [3.63, 3.8) is 0 Å². The normalized spacial score (nSPS) is 11.4. The van der Waals surface area contributed by atoms with Gasteiger partial charge >= 0.3 is 0 Å². The molecule has 17 heavy (non-hydrogen) atoms. The van der Waals surface area contributed by atoms with E-state index in [1.165, 1.54) is 12.1 Å². The van der Waals surface area contributed by atoms with E-state index < -0.39 is 10.0 Å². The van der Waals surface area contributed by atoms with E-state index in [0.29, 0.717) is 10.2 Å². The number of nitrogens with zero attached hydrogens (tertiary/aromatic N) is 1. The van der Waals surface area contributed by atoms with Crippen molar-refractivity contribution in [2.75, 3.05) is 4.72 Å². The Labute approximate surface area is 107 Å². The van der Waals surface area contributed by atoms with Crippen LogP contribution in [0, 0.1) is 6.92 Å². The topological polar surface area (TPSA) is 72.2 Å². The van der Waals surface area contributed by atoms with Crippen LogP contribution in [0.15, 0.2) is 44.2 Å². The number of hydrogen-bond acceptors (Lipinski definition) is 4. The number of benzene rings is 1. The minimum atomic E-state index is -3.66. The van der Waals surface area contributed by atoms with E-state index in [0.717, 1.165) is 0 Å². The molecule has 1 aromatic heterocycles. The van der Waals surface area contributed by atoms with Crippen molar-refractivity contribution >= 4 is 31.8 Å². The fourth-order valence-electron chi connectivity index (χ4n) is 1.26. The van der Waals surface area contributed by atoms with Crippen LogP contribution in [0.25, 0.3) is 0 Å². The van der Waals surface area contributed by atoms with Gasteiger partial charge in [0.05, 0.1) is 5.69 Å². The average Bonchev–Trinajstić information content (AvgIpc) is 2.63. The van der Waals surface area contributed by atoms with E-state index in [1.807, 2.05) is 0 Å². The highest BCUT2D eigenvalue weighted by Gasteiger charge is 2.18. The summed E-state index contributed by atoms with van der Waals surface area (Å²) in [7, 11) is -3.66. The van der Waals surface area contributed by atoms with E-state index in [2.05, 4.69) is 25.8 Å². The van der Waals surface area contributed by atoms with Crippen LogP contribution >= 0.6 is 15.9 Å². The fraction of sp³-hybridized carbons (Fsp3) is 0.100.